The van der Waals surface area contributed by atoms with Crippen LogP contribution in [-0.2, 0) is 4.74 Å². The van der Waals surface area contributed by atoms with Crippen molar-refractivity contribution in [2.45, 2.75) is 64.8 Å². The molecule has 0 saturated carbocycles. The van der Waals surface area contributed by atoms with E-state index in [0.29, 0.717) is 5.57 Å². The van der Waals surface area contributed by atoms with Crippen molar-refractivity contribution in [1.29, 1.82) is 0 Å². The molecule has 110 valence electrons. The number of hydrogen-bond donors (Lipinski definition) is 0. The van der Waals surface area contributed by atoms with Crippen LogP contribution < -0.4 is 0 Å². The highest BCUT2D eigenvalue weighted by Crippen LogP contribution is 2.36. The molecule has 0 saturated heterocycles. The second-order valence-corrected chi connectivity index (χ2v) is 5.14. The Morgan fingerprint density at radius 2 is 1.79 bits per heavy atom. The van der Waals surface area contributed by atoms with E-state index in [1.165, 1.54) is 6.08 Å². The van der Waals surface area contributed by atoms with Crippen LogP contribution in [0.4, 0.5) is 13.2 Å². The Balaban J connectivity index is 2.76. The molecule has 2 unspecified atom stereocenters. The molecule has 0 aromatic rings. The number of alkyl halides is 3. The summed E-state index contributed by atoms with van der Waals surface area (Å²) in [7, 11) is 0. The summed E-state index contributed by atoms with van der Waals surface area (Å²) in [6, 6.07) is 0. The number of halogens is 3. The standard InChI is InChI=1S/C15H23F3O/c1-4-6-12(7-5-2)19-14-9-8-11(3)10-13(14)15(16,17)18/h8-10,12-14H,4-7H2,1-3H3. The van der Waals surface area contributed by atoms with Gasteiger partial charge in [0.05, 0.1) is 12.2 Å². The second-order valence-electron chi connectivity index (χ2n) is 5.14. The van der Waals surface area contributed by atoms with E-state index in [1.807, 2.05) is 13.8 Å². The normalized spacial score (nSPS) is 23.8. The van der Waals surface area contributed by atoms with Gasteiger partial charge >= 0.3 is 6.18 Å². The van der Waals surface area contributed by atoms with Crippen LogP contribution in [0.15, 0.2) is 23.8 Å². The van der Waals surface area contributed by atoms with Crippen LogP contribution in [0.1, 0.15) is 46.5 Å². The average molecular weight is 276 g/mol. The van der Waals surface area contributed by atoms with E-state index in [4.69, 9.17) is 4.74 Å². The van der Waals surface area contributed by atoms with Gasteiger partial charge in [-0.2, -0.15) is 13.2 Å². The Labute approximate surface area is 113 Å². The number of ether oxygens (including phenoxy) is 1. The molecule has 0 spiro atoms. The first-order chi connectivity index (χ1) is 8.88. The zero-order chi connectivity index (χ0) is 14.5. The predicted octanol–water partition coefficient (Wildman–Crippen LogP) is 5.04. The summed E-state index contributed by atoms with van der Waals surface area (Å²) in [5, 5.41) is 0. The van der Waals surface area contributed by atoms with Crippen molar-refractivity contribution in [3.05, 3.63) is 23.8 Å². The molecule has 19 heavy (non-hydrogen) atoms. The third-order valence-corrected chi connectivity index (χ3v) is 3.29. The molecule has 0 bridgehead atoms. The molecule has 0 aromatic heterocycles. The summed E-state index contributed by atoms with van der Waals surface area (Å²) < 4.78 is 44.8. The lowest BCUT2D eigenvalue weighted by molar-refractivity contribution is -0.192. The summed E-state index contributed by atoms with van der Waals surface area (Å²) in [6.45, 7) is 5.73. The highest BCUT2D eigenvalue weighted by molar-refractivity contribution is 5.25. The molecule has 0 aromatic carbocycles. The molecule has 0 fully saturated rings. The maximum absolute atomic E-state index is 13.0. The zero-order valence-electron chi connectivity index (χ0n) is 11.8. The van der Waals surface area contributed by atoms with E-state index in [-0.39, 0.29) is 6.10 Å². The second kappa shape index (κ2) is 7.13. The first-order valence-corrected chi connectivity index (χ1v) is 6.97. The van der Waals surface area contributed by atoms with Crippen molar-refractivity contribution in [2.75, 3.05) is 0 Å². The maximum atomic E-state index is 13.0. The van der Waals surface area contributed by atoms with E-state index in [1.54, 1.807) is 19.1 Å². The van der Waals surface area contributed by atoms with Crippen molar-refractivity contribution in [3.63, 3.8) is 0 Å². The molecule has 4 heteroatoms. The molecular weight excluding hydrogens is 253 g/mol. The molecule has 2 atom stereocenters. The monoisotopic (exact) mass is 276 g/mol. The Morgan fingerprint density at radius 1 is 1.21 bits per heavy atom. The minimum absolute atomic E-state index is 0.0821. The van der Waals surface area contributed by atoms with Gasteiger partial charge in [-0.15, -0.1) is 0 Å². The highest BCUT2D eigenvalue weighted by atomic mass is 19.4. The molecule has 0 N–H and O–H groups in total. The van der Waals surface area contributed by atoms with Crippen molar-refractivity contribution in [2.24, 2.45) is 5.92 Å². The Kier molecular flexibility index (Phi) is 6.11. The first-order valence-electron chi connectivity index (χ1n) is 6.97. The van der Waals surface area contributed by atoms with Crippen LogP contribution >= 0.6 is 0 Å². The van der Waals surface area contributed by atoms with Gasteiger partial charge in [-0.05, 0) is 19.8 Å². The van der Waals surface area contributed by atoms with Gasteiger partial charge in [0.25, 0.3) is 0 Å². The highest BCUT2D eigenvalue weighted by Gasteiger charge is 2.44. The van der Waals surface area contributed by atoms with Crippen LogP contribution in [0.5, 0.6) is 0 Å². The number of hydrogen-bond acceptors (Lipinski definition) is 1. The lowest BCUT2D eigenvalue weighted by atomic mass is 9.93. The Morgan fingerprint density at radius 3 is 2.26 bits per heavy atom. The van der Waals surface area contributed by atoms with Gasteiger partial charge in [-0.3, -0.25) is 0 Å². The fourth-order valence-corrected chi connectivity index (χ4v) is 2.36. The fraction of sp³-hybridized carbons (Fsp3) is 0.733. The first kappa shape index (κ1) is 16.3. The minimum Gasteiger partial charge on any atom is -0.370 e. The average Bonchev–Trinajstić information content (AvgIpc) is 2.31. The van der Waals surface area contributed by atoms with Gasteiger partial charge in [0, 0.05) is 0 Å². The summed E-state index contributed by atoms with van der Waals surface area (Å²) in [6.07, 6.45) is 2.77. The molecule has 1 nitrogen and oxygen atoms in total. The summed E-state index contributed by atoms with van der Waals surface area (Å²) in [4.78, 5) is 0. The topological polar surface area (TPSA) is 9.23 Å². The molecule has 0 amide bonds. The Bertz CT molecular complexity index is 325. The molecule has 0 heterocycles. The zero-order valence-corrected chi connectivity index (χ0v) is 11.8. The SMILES string of the molecule is CCCC(CCC)OC1C=CC(C)=CC1C(F)(F)F. The van der Waals surface area contributed by atoms with Crippen LogP contribution in [0, 0.1) is 5.92 Å². The number of rotatable bonds is 6. The molecule has 1 aliphatic rings. The minimum atomic E-state index is -4.25. The fourth-order valence-electron chi connectivity index (χ4n) is 2.36. The molecular formula is C15H23F3O. The molecule has 0 aliphatic heterocycles. The Hall–Kier alpha value is -0.770. The van der Waals surface area contributed by atoms with E-state index >= 15 is 0 Å². The molecule has 0 radical (unpaired) electrons. The summed E-state index contributed by atoms with van der Waals surface area (Å²) in [5.74, 6) is -1.52. The smallest absolute Gasteiger partial charge is 0.370 e. The maximum Gasteiger partial charge on any atom is 0.397 e. The van der Waals surface area contributed by atoms with Crippen LogP contribution in [0.3, 0.4) is 0 Å². The third kappa shape index (κ3) is 5.01. The summed E-state index contributed by atoms with van der Waals surface area (Å²) in [5.41, 5.74) is 0.643. The van der Waals surface area contributed by atoms with Gasteiger partial charge in [0.2, 0.25) is 0 Å². The lowest BCUT2D eigenvalue weighted by Gasteiger charge is -2.31. The van der Waals surface area contributed by atoms with E-state index in [9.17, 15) is 13.2 Å². The molecule has 1 rings (SSSR count). The van der Waals surface area contributed by atoms with Gasteiger partial charge in [-0.25, -0.2) is 0 Å². The van der Waals surface area contributed by atoms with Crippen molar-refractivity contribution in [3.8, 4) is 0 Å². The third-order valence-electron chi connectivity index (χ3n) is 3.29. The summed E-state index contributed by atoms with van der Waals surface area (Å²) >= 11 is 0. The van der Waals surface area contributed by atoms with Gasteiger partial charge in [0.15, 0.2) is 0 Å². The van der Waals surface area contributed by atoms with E-state index < -0.39 is 18.2 Å². The van der Waals surface area contributed by atoms with Crippen molar-refractivity contribution < 1.29 is 17.9 Å². The quantitative estimate of drug-likeness (QED) is 0.660. The van der Waals surface area contributed by atoms with E-state index in [2.05, 4.69) is 0 Å². The van der Waals surface area contributed by atoms with Crippen LogP contribution in [0.25, 0.3) is 0 Å². The van der Waals surface area contributed by atoms with Gasteiger partial charge < -0.3 is 4.74 Å². The van der Waals surface area contributed by atoms with Gasteiger partial charge in [0.1, 0.15) is 5.92 Å². The van der Waals surface area contributed by atoms with Crippen LogP contribution in [0.2, 0.25) is 0 Å². The van der Waals surface area contributed by atoms with Crippen molar-refractivity contribution in [1.82, 2.24) is 0 Å². The largest absolute Gasteiger partial charge is 0.397 e. The van der Waals surface area contributed by atoms with Crippen molar-refractivity contribution >= 4 is 0 Å². The molecule has 1 aliphatic carbocycles. The lowest BCUT2D eigenvalue weighted by Crippen LogP contribution is -2.37. The predicted molar refractivity (Wildman–Crippen MR) is 70.9 cm³/mol. The van der Waals surface area contributed by atoms with Gasteiger partial charge in [-0.1, -0.05) is 50.5 Å². The van der Waals surface area contributed by atoms with Crippen LogP contribution in [-0.4, -0.2) is 18.4 Å². The van der Waals surface area contributed by atoms with E-state index in [0.717, 1.165) is 25.7 Å². The number of allylic oxidation sites excluding steroid dienone is 2.